The number of pyridine rings is 1. The van der Waals surface area contributed by atoms with Gasteiger partial charge in [0.25, 0.3) is 5.91 Å². The van der Waals surface area contributed by atoms with E-state index in [1.807, 2.05) is 31.2 Å². The summed E-state index contributed by atoms with van der Waals surface area (Å²) in [7, 11) is 0. The fraction of sp³-hybridized carbons (Fsp3) is 0.125. The number of hydrogen-bond acceptors (Lipinski definition) is 4. The Morgan fingerprint density at radius 3 is 2.81 bits per heavy atom. The number of benzene rings is 1. The van der Waals surface area contributed by atoms with Gasteiger partial charge >= 0.3 is 0 Å². The molecule has 0 aliphatic carbocycles. The molecule has 0 bridgehead atoms. The van der Waals surface area contributed by atoms with E-state index in [0.29, 0.717) is 23.3 Å². The maximum Gasteiger partial charge on any atom is 0.253 e. The first-order chi connectivity index (χ1) is 10.2. The molecule has 1 amide bonds. The van der Waals surface area contributed by atoms with Crippen LogP contribution in [0.4, 0.5) is 0 Å². The van der Waals surface area contributed by atoms with Crippen molar-refractivity contribution in [2.75, 3.05) is 0 Å². The summed E-state index contributed by atoms with van der Waals surface area (Å²) in [5.41, 5.74) is 3.88. The minimum Gasteiger partial charge on any atom is -0.348 e. The van der Waals surface area contributed by atoms with Crippen molar-refractivity contribution in [1.82, 2.24) is 20.3 Å². The van der Waals surface area contributed by atoms with E-state index in [9.17, 15) is 4.79 Å². The van der Waals surface area contributed by atoms with E-state index in [1.54, 1.807) is 18.5 Å². The highest BCUT2D eigenvalue weighted by Crippen LogP contribution is 2.09. The predicted octanol–water partition coefficient (Wildman–Crippen LogP) is 2.26. The van der Waals surface area contributed by atoms with Gasteiger partial charge in [-0.2, -0.15) is 0 Å². The molecular weight excluding hydrogens is 264 g/mol. The number of aromatic nitrogens is 3. The highest BCUT2D eigenvalue weighted by molar-refractivity contribution is 5.96. The Kier molecular flexibility index (Phi) is 3.55. The Labute approximate surface area is 122 Å². The van der Waals surface area contributed by atoms with Gasteiger partial charge in [0.1, 0.15) is 5.52 Å². The van der Waals surface area contributed by atoms with Crippen LogP contribution in [-0.2, 0) is 6.54 Å². The third kappa shape index (κ3) is 2.86. The summed E-state index contributed by atoms with van der Waals surface area (Å²) in [5, 5.41) is 2.89. The first-order valence-corrected chi connectivity index (χ1v) is 6.63. The molecular formula is C16H14N4O. The Hall–Kier alpha value is -2.82. The zero-order valence-electron chi connectivity index (χ0n) is 11.6. The van der Waals surface area contributed by atoms with E-state index in [4.69, 9.17) is 0 Å². The Bertz CT molecular complexity index is 801. The molecule has 0 radical (unpaired) electrons. The van der Waals surface area contributed by atoms with Crippen molar-refractivity contribution in [2.45, 2.75) is 13.5 Å². The first-order valence-electron chi connectivity index (χ1n) is 6.63. The Morgan fingerprint density at radius 1 is 1.14 bits per heavy atom. The van der Waals surface area contributed by atoms with Gasteiger partial charge in [0, 0.05) is 25.1 Å². The van der Waals surface area contributed by atoms with Crippen LogP contribution in [0.1, 0.15) is 21.5 Å². The fourth-order valence-electron chi connectivity index (χ4n) is 2.07. The second kappa shape index (κ2) is 5.66. The number of aryl methyl sites for hydroxylation is 1. The smallest absolute Gasteiger partial charge is 0.253 e. The number of fused-ring (bicyclic) bond motifs is 1. The Balaban J connectivity index is 1.76. The van der Waals surface area contributed by atoms with Gasteiger partial charge in [-0.05, 0) is 24.1 Å². The van der Waals surface area contributed by atoms with Crippen molar-refractivity contribution in [1.29, 1.82) is 0 Å². The lowest BCUT2D eigenvalue weighted by Crippen LogP contribution is -2.23. The summed E-state index contributed by atoms with van der Waals surface area (Å²) in [6, 6.07) is 9.66. The van der Waals surface area contributed by atoms with Crippen LogP contribution in [0.3, 0.4) is 0 Å². The van der Waals surface area contributed by atoms with Gasteiger partial charge in [-0.25, -0.2) is 9.97 Å². The average Bonchev–Trinajstić information content (AvgIpc) is 2.53. The van der Waals surface area contributed by atoms with Crippen molar-refractivity contribution < 1.29 is 4.79 Å². The van der Waals surface area contributed by atoms with Gasteiger partial charge in [0.15, 0.2) is 5.65 Å². The second-order valence-corrected chi connectivity index (χ2v) is 4.73. The fourth-order valence-corrected chi connectivity index (χ4v) is 2.07. The molecule has 0 spiro atoms. The molecule has 0 aliphatic rings. The second-order valence-electron chi connectivity index (χ2n) is 4.73. The van der Waals surface area contributed by atoms with Crippen LogP contribution in [-0.4, -0.2) is 20.9 Å². The van der Waals surface area contributed by atoms with Crippen LogP contribution in [0.25, 0.3) is 11.2 Å². The summed E-state index contributed by atoms with van der Waals surface area (Å²) < 4.78 is 0. The number of amides is 1. The highest BCUT2D eigenvalue weighted by Gasteiger charge is 2.08. The van der Waals surface area contributed by atoms with Gasteiger partial charge in [0.2, 0.25) is 0 Å². The van der Waals surface area contributed by atoms with E-state index in [-0.39, 0.29) is 5.91 Å². The molecule has 0 unspecified atom stereocenters. The molecule has 0 aliphatic heterocycles. The van der Waals surface area contributed by atoms with Crippen molar-refractivity contribution in [3.05, 3.63) is 65.6 Å². The van der Waals surface area contributed by atoms with Crippen LogP contribution in [0.15, 0.2) is 48.9 Å². The van der Waals surface area contributed by atoms with Gasteiger partial charge < -0.3 is 5.32 Å². The molecule has 0 saturated carbocycles. The maximum atomic E-state index is 12.2. The number of carbonyl (C=O) groups excluding carboxylic acids is 1. The molecule has 3 rings (SSSR count). The molecule has 1 aromatic carbocycles. The van der Waals surface area contributed by atoms with Gasteiger partial charge in [0.05, 0.1) is 5.56 Å². The minimum atomic E-state index is -0.168. The van der Waals surface area contributed by atoms with Gasteiger partial charge in [-0.1, -0.05) is 24.3 Å². The zero-order valence-corrected chi connectivity index (χ0v) is 11.6. The van der Waals surface area contributed by atoms with Crippen molar-refractivity contribution in [3.8, 4) is 0 Å². The summed E-state index contributed by atoms with van der Waals surface area (Å²) in [6.45, 7) is 2.51. The number of hydrogen-bond donors (Lipinski definition) is 1. The molecule has 0 fully saturated rings. The molecule has 104 valence electrons. The predicted molar refractivity (Wildman–Crippen MR) is 79.7 cm³/mol. The summed E-state index contributed by atoms with van der Waals surface area (Å²) in [5.74, 6) is -0.168. The molecule has 5 heteroatoms. The molecule has 21 heavy (non-hydrogen) atoms. The highest BCUT2D eigenvalue weighted by atomic mass is 16.1. The van der Waals surface area contributed by atoms with Crippen LogP contribution < -0.4 is 5.32 Å². The van der Waals surface area contributed by atoms with E-state index in [0.717, 1.165) is 11.1 Å². The van der Waals surface area contributed by atoms with Crippen LogP contribution in [0.2, 0.25) is 0 Å². The molecule has 0 atom stereocenters. The van der Waals surface area contributed by atoms with E-state index < -0.39 is 0 Å². The molecule has 2 aromatic heterocycles. The van der Waals surface area contributed by atoms with Crippen LogP contribution in [0, 0.1) is 6.92 Å². The van der Waals surface area contributed by atoms with Gasteiger partial charge in [-0.3, -0.25) is 9.78 Å². The number of carbonyl (C=O) groups is 1. The minimum absolute atomic E-state index is 0.168. The third-order valence-corrected chi connectivity index (χ3v) is 3.29. The first kappa shape index (κ1) is 13.2. The monoisotopic (exact) mass is 278 g/mol. The molecule has 2 heterocycles. The zero-order chi connectivity index (χ0) is 14.7. The lowest BCUT2D eigenvalue weighted by atomic mass is 10.1. The van der Waals surface area contributed by atoms with Crippen molar-refractivity contribution >= 4 is 17.1 Å². The lowest BCUT2D eigenvalue weighted by molar-refractivity contribution is 0.0950. The normalized spacial score (nSPS) is 10.5. The number of nitrogens with zero attached hydrogens (tertiary/aromatic N) is 3. The summed E-state index contributed by atoms with van der Waals surface area (Å²) in [6.07, 6.45) is 4.68. The van der Waals surface area contributed by atoms with Crippen LogP contribution in [0.5, 0.6) is 0 Å². The summed E-state index contributed by atoms with van der Waals surface area (Å²) in [4.78, 5) is 24.5. The van der Waals surface area contributed by atoms with E-state index in [1.165, 1.54) is 6.20 Å². The topological polar surface area (TPSA) is 67.8 Å². The summed E-state index contributed by atoms with van der Waals surface area (Å²) >= 11 is 0. The third-order valence-electron chi connectivity index (χ3n) is 3.29. The molecule has 1 N–H and O–H groups in total. The molecule has 5 nitrogen and oxygen atoms in total. The number of nitrogens with one attached hydrogen (secondary N) is 1. The van der Waals surface area contributed by atoms with Crippen molar-refractivity contribution in [3.63, 3.8) is 0 Å². The molecule has 3 aromatic rings. The lowest BCUT2D eigenvalue weighted by Gasteiger charge is -2.08. The van der Waals surface area contributed by atoms with Crippen LogP contribution >= 0.6 is 0 Å². The van der Waals surface area contributed by atoms with E-state index >= 15 is 0 Å². The number of rotatable bonds is 3. The van der Waals surface area contributed by atoms with Gasteiger partial charge in [-0.15, -0.1) is 0 Å². The molecule has 0 saturated heterocycles. The standard InChI is InChI=1S/C16H14N4O/c1-11-4-2-3-5-12(11)9-20-16(21)13-8-14-15(19-10-13)18-7-6-17-14/h2-8,10H,9H2,1H3,(H,20,21). The Morgan fingerprint density at radius 2 is 1.95 bits per heavy atom. The quantitative estimate of drug-likeness (QED) is 0.798. The van der Waals surface area contributed by atoms with Crippen molar-refractivity contribution in [2.24, 2.45) is 0 Å². The average molecular weight is 278 g/mol. The SMILES string of the molecule is Cc1ccccc1CNC(=O)c1cnc2nccnc2c1. The largest absolute Gasteiger partial charge is 0.348 e. The van der Waals surface area contributed by atoms with E-state index in [2.05, 4.69) is 20.3 Å². The maximum absolute atomic E-state index is 12.2.